The molecule has 0 bridgehead atoms. The van der Waals surface area contributed by atoms with Gasteiger partial charge in [-0.25, -0.2) is 0 Å². The lowest BCUT2D eigenvalue weighted by Crippen LogP contribution is -2.15. The van der Waals surface area contributed by atoms with Gasteiger partial charge < -0.3 is 14.8 Å². The van der Waals surface area contributed by atoms with Crippen LogP contribution in [0.2, 0.25) is 0 Å². The van der Waals surface area contributed by atoms with Gasteiger partial charge in [-0.3, -0.25) is 9.78 Å². The maximum atomic E-state index is 12.6. The summed E-state index contributed by atoms with van der Waals surface area (Å²) in [5.41, 5.74) is 4.21. The lowest BCUT2D eigenvalue weighted by Gasteiger charge is -2.20. The van der Waals surface area contributed by atoms with Crippen LogP contribution in [-0.4, -0.2) is 30.9 Å². The Morgan fingerprint density at radius 3 is 2.69 bits per heavy atom. The second-order valence-corrected chi connectivity index (χ2v) is 7.98. The second-order valence-electron chi connectivity index (χ2n) is 7.00. The number of aryl methyl sites for hydroxylation is 1. The van der Waals surface area contributed by atoms with Crippen molar-refractivity contribution in [1.29, 1.82) is 0 Å². The molecule has 4 rings (SSSR count). The second kappa shape index (κ2) is 8.74. The first-order valence-electron chi connectivity index (χ1n) is 9.74. The molecule has 1 N–H and O–H groups in total. The van der Waals surface area contributed by atoms with Crippen molar-refractivity contribution in [3.8, 4) is 11.5 Å². The fraction of sp³-hybridized carbons (Fsp3) is 0.304. The zero-order valence-corrected chi connectivity index (χ0v) is 17.5. The summed E-state index contributed by atoms with van der Waals surface area (Å²) in [5, 5.41) is 4.09. The highest BCUT2D eigenvalue weighted by Crippen LogP contribution is 2.36. The number of nitrogens with zero attached hydrogens (tertiary/aromatic N) is 1. The monoisotopic (exact) mass is 408 g/mol. The Bertz CT molecular complexity index is 1050. The number of para-hydroxylation sites is 1. The number of pyridine rings is 1. The molecule has 0 saturated carbocycles. The number of carbonyl (C=O) groups excluding carboxylic acids is 1. The van der Waals surface area contributed by atoms with Gasteiger partial charge in [-0.2, -0.15) is 0 Å². The molecule has 2 aromatic carbocycles. The molecule has 0 unspecified atom stereocenters. The molecule has 3 aromatic rings. The van der Waals surface area contributed by atoms with E-state index in [2.05, 4.69) is 17.4 Å². The number of aromatic nitrogens is 1. The number of benzene rings is 2. The number of anilines is 1. The molecule has 6 heteroatoms. The average molecular weight is 409 g/mol. The van der Waals surface area contributed by atoms with Crippen LogP contribution in [0.3, 0.4) is 0 Å². The zero-order valence-electron chi connectivity index (χ0n) is 16.7. The maximum Gasteiger partial charge on any atom is 0.234 e. The van der Waals surface area contributed by atoms with E-state index < -0.39 is 0 Å². The molecule has 0 aliphatic heterocycles. The summed E-state index contributed by atoms with van der Waals surface area (Å²) < 4.78 is 10.6. The molecular formula is C23H24N2O3S. The van der Waals surface area contributed by atoms with Crippen LogP contribution >= 0.6 is 11.8 Å². The van der Waals surface area contributed by atoms with Crippen molar-refractivity contribution >= 4 is 34.3 Å². The molecule has 1 aliphatic rings. The Labute approximate surface area is 174 Å². The molecule has 5 nitrogen and oxygen atoms in total. The number of nitrogens with one attached hydrogen (secondary N) is 1. The van der Waals surface area contributed by atoms with Crippen molar-refractivity contribution in [2.45, 2.75) is 30.6 Å². The summed E-state index contributed by atoms with van der Waals surface area (Å²) in [5.74, 6) is 1.52. The van der Waals surface area contributed by atoms with Crippen molar-refractivity contribution in [3.63, 3.8) is 0 Å². The van der Waals surface area contributed by atoms with Crippen molar-refractivity contribution < 1.29 is 14.3 Å². The fourth-order valence-corrected chi connectivity index (χ4v) is 4.81. The number of fused-ring (bicyclic) bond motifs is 2. The first-order valence-corrected chi connectivity index (χ1v) is 10.7. The van der Waals surface area contributed by atoms with E-state index in [9.17, 15) is 4.79 Å². The first kappa shape index (κ1) is 19.6. The van der Waals surface area contributed by atoms with Gasteiger partial charge in [0, 0.05) is 27.7 Å². The molecule has 0 spiro atoms. The molecule has 1 aliphatic carbocycles. The van der Waals surface area contributed by atoms with Gasteiger partial charge in [-0.1, -0.05) is 18.2 Å². The van der Waals surface area contributed by atoms with E-state index in [1.807, 2.05) is 18.2 Å². The van der Waals surface area contributed by atoms with E-state index in [1.165, 1.54) is 29.0 Å². The highest BCUT2D eigenvalue weighted by atomic mass is 32.2. The van der Waals surface area contributed by atoms with Gasteiger partial charge >= 0.3 is 0 Å². The summed E-state index contributed by atoms with van der Waals surface area (Å²) in [7, 11) is 3.17. The SMILES string of the molecule is COc1ccc(NC(=O)CSc2c3c(nc4ccccc24)CCCC3)cc1OC. The van der Waals surface area contributed by atoms with E-state index >= 15 is 0 Å². The van der Waals surface area contributed by atoms with Crippen molar-refractivity contribution in [2.75, 3.05) is 25.3 Å². The van der Waals surface area contributed by atoms with E-state index in [0.717, 1.165) is 23.7 Å². The van der Waals surface area contributed by atoms with Crippen LogP contribution in [0, 0.1) is 0 Å². The maximum absolute atomic E-state index is 12.6. The minimum Gasteiger partial charge on any atom is -0.493 e. The molecule has 1 heterocycles. The predicted octanol–water partition coefficient (Wildman–Crippen LogP) is 4.86. The van der Waals surface area contributed by atoms with Gasteiger partial charge in [0.15, 0.2) is 11.5 Å². The molecule has 0 fully saturated rings. The fourth-order valence-electron chi connectivity index (χ4n) is 3.74. The van der Waals surface area contributed by atoms with Crippen LogP contribution in [0.15, 0.2) is 47.4 Å². The molecule has 0 radical (unpaired) electrons. The number of methoxy groups -OCH3 is 2. The van der Waals surface area contributed by atoms with E-state index in [0.29, 0.717) is 22.9 Å². The van der Waals surface area contributed by atoms with Gasteiger partial charge in [0.2, 0.25) is 5.91 Å². The molecule has 1 aromatic heterocycles. The number of hydrogen-bond acceptors (Lipinski definition) is 5. The molecule has 150 valence electrons. The van der Waals surface area contributed by atoms with E-state index in [4.69, 9.17) is 14.5 Å². The van der Waals surface area contributed by atoms with Crippen LogP contribution in [0.25, 0.3) is 10.9 Å². The summed E-state index contributed by atoms with van der Waals surface area (Å²) in [6, 6.07) is 13.6. The van der Waals surface area contributed by atoms with Crippen molar-refractivity contribution in [2.24, 2.45) is 0 Å². The van der Waals surface area contributed by atoms with Gasteiger partial charge in [-0.15, -0.1) is 11.8 Å². The quantitative estimate of drug-likeness (QED) is 0.590. The van der Waals surface area contributed by atoms with Gasteiger partial charge in [0.25, 0.3) is 0 Å². The highest BCUT2D eigenvalue weighted by Gasteiger charge is 2.19. The summed E-state index contributed by atoms with van der Waals surface area (Å²) in [4.78, 5) is 18.7. The normalized spacial score (nSPS) is 13.0. The third-order valence-corrected chi connectivity index (χ3v) is 6.29. The number of amides is 1. The number of hydrogen-bond donors (Lipinski definition) is 1. The molecular weight excluding hydrogens is 384 g/mol. The van der Waals surface area contributed by atoms with Gasteiger partial charge in [0.05, 0.1) is 25.5 Å². The number of rotatable bonds is 6. The van der Waals surface area contributed by atoms with Crippen LogP contribution in [0.4, 0.5) is 5.69 Å². The van der Waals surface area contributed by atoms with Gasteiger partial charge in [0.1, 0.15) is 0 Å². The van der Waals surface area contributed by atoms with E-state index in [1.54, 1.807) is 38.1 Å². The third-order valence-electron chi connectivity index (χ3n) is 5.13. The van der Waals surface area contributed by atoms with Crippen molar-refractivity contribution in [1.82, 2.24) is 4.98 Å². The predicted molar refractivity (Wildman–Crippen MR) is 117 cm³/mol. The van der Waals surface area contributed by atoms with Gasteiger partial charge in [-0.05, 0) is 49.4 Å². The van der Waals surface area contributed by atoms with Crippen LogP contribution in [0.1, 0.15) is 24.1 Å². The zero-order chi connectivity index (χ0) is 20.2. The first-order chi connectivity index (χ1) is 14.2. The lowest BCUT2D eigenvalue weighted by atomic mass is 9.94. The number of carbonyl (C=O) groups is 1. The van der Waals surface area contributed by atoms with Crippen LogP contribution in [0.5, 0.6) is 11.5 Å². The summed E-state index contributed by atoms with van der Waals surface area (Å²) in [6.45, 7) is 0. The third kappa shape index (κ3) is 4.17. The smallest absolute Gasteiger partial charge is 0.234 e. The standard InChI is InChI=1S/C23H24N2O3S/c1-27-20-12-11-15(13-21(20)28-2)24-22(26)14-29-23-16-7-3-5-9-18(16)25-19-10-6-4-8-17(19)23/h3,5,7,9,11-13H,4,6,8,10,14H2,1-2H3,(H,24,26). The Balaban J connectivity index is 1.53. The Morgan fingerprint density at radius 1 is 1.07 bits per heavy atom. The Morgan fingerprint density at radius 2 is 1.86 bits per heavy atom. The van der Waals surface area contributed by atoms with Crippen LogP contribution in [-0.2, 0) is 17.6 Å². The minimum absolute atomic E-state index is 0.0485. The van der Waals surface area contributed by atoms with Crippen LogP contribution < -0.4 is 14.8 Å². The number of thioether (sulfide) groups is 1. The molecule has 1 amide bonds. The summed E-state index contributed by atoms with van der Waals surface area (Å²) in [6.07, 6.45) is 4.42. The molecule has 0 atom stereocenters. The number of ether oxygens (including phenoxy) is 2. The topological polar surface area (TPSA) is 60.5 Å². The Hall–Kier alpha value is -2.73. The van der Waals surface area contributed by atoms with E-state index in [-0.39, 0.29) is 5.91 Å². The summed E-state index contributed by atoms with van der Waals surface area (Å²) >= 11 is 1.60. The molecule has 29 heavy (non-hydrogen) atoms. The molecule has 0 saturated heterocycles. The highest BCUT2D eigenvalue weighted by molar-refractivity contribution is 8.00. The van der Waals surface area contributed by atoms with Crippen molar-refractivity contribution in [3.05, 3.63) is 53.7 Å². The Kier molecular flexibility index (Phi) is 5.90. The average Bonchev–Trinajstić information content (AvgIpc) is 2.76. The largest absolute Gasteiger partial charge is 0.493 e. The minimum atomic E-state index is -0.0485. The lowest BCUT2D eigenvalue weighted by molar-refractivity contribution is -0.113.